The second-order valence-electron chi connectivity index (χ2n) is 6.51. The second kappa shape index (κ2) is 12.9. The lowest BCUT2D eigenvalue weighted by atomic mass is 9.94. The maximum absolute atomic E-state index is 11.9. The summed E-state index contributed by atoms with van der Waals surface area (Å²) in [6.07, 6.45) is -4.55. The summed E-state index contributed by atoms with van der Waals surface area (Å²) in [6, 6.07) is -0.881. The van der Waals surface area contributed by atoms with E-state index in [1.165, 1.54) is 27.7 Å². The van der Waals surface area contributed by atoms with Gasteiger partial charge in [0.05, 0.1) is 0 Å². The average Bonchev–Trinajstić information content (AvgIpc) is 2.61. The van der Waals surface area contributed by atoms with Crippen LogP contribution in [0.25, 0.3) is 0 Å². The van der Waals surface area contributed by atoms with E-state index in [4.69, 9.17) is 46.9 Å². The minimum Gasteiger partial charge on any atom is -0.463 e. The predicted octanol–water partition coefficient (Wildman–Crippen LogP) is 0.849. The van der Waals surface area contributed by atoms with E-state index in [2.05, 4.69) is 0 Å². The lowest BCUT2D eigenvalue weighted by molar-refractivity contribution is -0.285. The van der Waals surface area contributed by atoms with Gasteiger partial charge in [-0.05, 0) is 0 Å². The first-order chi connectivity index (χ1) is 14.1. The van der Waals surface area contributed by atoms with Crippen LogP contribution < -0.4 is 0 Å². The highest BCUT2D eigenvalue weighted by atomic mass is 35.5. The van der Waals surface area contributed by atoms with Crippen LogP contribution in [-0.4, -0.2) is 90.9 Å². The zero-order valence-corrected chi connectivity index (χ0v) is 18.8. The van der Waals surface area contributed by atoms with Gasteiger partial charge >= 0.3 is 23.9 Å². The molecule has 1 saturated heterocycles. The molecule has 0 bridgehead atoms. The van der Waals surface area contributed by atoms with E-state index in [-0.39, 0.29) is 18.4 Å². The number of carbonyl (C=O) groups excluding carboxylic acids is 4. The smallest absolute Gasteiger partial charge is 0.304 e. The maximum Gasteiger partial charge on any atom is 0.304 e. The van der Waals surface area contributed by atoms with Crippen LogP contribution in [0.2, 0.25) is 0 Å². The highest BCUT2D eigenvalue weighted by molar-refractivity contribution is 6.18. The summed E-state index contributed by atoms with van der Waals surface area (Å²) in [5, 5.41) is 0. The number of halogens is 2. The van der Waals surface area contributed by atoms with Crippen molar-refractivity contribution in [3.8, 4) is 0 Å². The minimum atomic E-state index is -1.23. The Labute approximate surface area is 185 Å². The summed E-state index contributed by atoms with van der Waals surface area (Å²) >= 11 is 11.8. The Hall–Kier alpha value is -1.62. The molecule has 1 aliphatic heterocycles. The van der Waals surface area contributed by atoms with Gasteiger partial charge in [-0.2, -0.15) is 0 Å². The lowest BCUT2D eigenvalue weighted by Crippen LogP contribution is -2.67. The normalized spacial score (nSPS) is 26.0. The Bertz CT molecular complexity index is 612. The van der Waals surface area contributed by atoms with Crippen LogP contribution in [-0.2, 0) is 42.9 Å². The first-order valence-corrected chi connectivity index (χ1v) is 10.3. The van der Waals surface area contributed by atoms with Crippen molar-refractivity contribution in [2.75, 3.05) is 31.5 Å². The Morgan fingerprint density at radius 2 is 1.30 bits per heavy atom. The summed E-state index contributed by atoms with van der Waals surface area (Å²) in [7, 11) is 0. The largest absolute Gasteiger partial charge is 0.463 e. The molecule has 1 aliphatic rings. The number of rotatable bonds is 10. The van der Waals surface area contributed by atoms with Gasteiger partial charge < -0.3 is 23.7 Å². The van der Waals surface area contributed by atoms with Gasteiger partial charge in [-0.3, -0.25) is 24.1 Å². The van der Waals surface area contributed by atoms with Gasteiger partial charge in [0.2, 0.25) is 6.29 Å². The minimum absolute atomic E-state index is 0.197. The molecule has 0 aromatic heterocycles. The molecule has 0 N–H and O–H groups in total. The van der Waals surface area contributed by atoms with Gasteiger partial charge in [0, 0.05) is 52.5 Å². The zero-order chi connectivity index (χ0) is 22.8. The molecule has 1 heterocycles. The molecule has 0 aromatic carbocycles. The molecule has 0 saturated carbocycles. The number of hydrogen-bond acceptors (Lipinski definition) is 10. The number of alkyl halides is 2. The molecule has 0 radical (unpaired) electrons. The van der Waals surface area contributed by atoms with Crippen molar-refractivity contribution in [2.24, 2.45) is 0 Å². The fourth-order valence-corrected chi connectivity index (χ4v) is 3.59. The number of esters is 4. The Morgan fingerprint density at radius 3 is 1.73 bits per heavy atom. The van der Waals surface area contributed by atoms with Crippen LogP contribution in [0.3, 0.4) is 0 Å². The molecule has 0 aliphatic carbocycles. The van der Waals surface area contributed by atoms with Crippen LogP contribution in [0.15, 0.2) is 0 Å². The number of hydrogen-bond donors (Lipinski definition) is 0. The maximum atomic E-state index is 11.9. The molecule has 1 fully saturated rings. The van der Waals surface area contributed by atoms with Gasteiger partial charge in [-0.25, -0.2) is 0 Å². The highest BCUT2D eigenvalue weighted by Crippen LogP contribution is 2.31. The van der Waals surface area contributed by atoms with Crippen molar-refractivity contribution in [3.05, 3.63) is 0 Å². The Morgan fingerprint density at radius 1 is 0.800 bits per heavy atom. The van der Waals surface area contributed by atoms with Crippen LogP contribution in [0.4, 0.5) is 0 Å². The summed E-state index contributed by atoms with van der Waals surface area (Å²) in [4.78, 5) is 48.3. The molecule has 1 rings (SSSR count). The number of ether oxygens (including phenoxy) is 5. The summed E-state index contributed by atoms with van der Waals surface area (Å²) in [6.45, 7) is 5.01. The van der Waals surface area contributed by atoms with Gasteiger partial charge in [0.1, 0.15) is 18.8 Å². The van der Waals surface area contributed by atoms with E-state index in [9.17, 15) is 19.2 Å². The molecular formula is C18H27Cl2NO9. The first-order valence-electron chi connectivity index (χ1n) is 9.27. The van der Waals surface area contributed by atoms with Crippen molar-refractivity contribution >= 4 is 47.1 Å². The topological polar surface area (TPSA) is 118 Å². The summed E-state index contributed by atoms with van der Waals surface area (Å²) in [5.41, 5.74) is 0. The third-order valence-corrected chi connectivity index (χ3v) is 4.45. The third kappa shape index (κ3) is 8.25. The molecule has 3 unspecified atom stereocenters. The Kier molecular flexibility index (Phi) is 11.4. The molecule has 5 atom stereocenters. The van der Waals surface area contributed by atoms with E-state index in [0.717, 1.165) is 0 Å². The van der Waals surface area contributed by atoms with Gasteiger partial charge in [-0.1, -0.05) is 0 Å². The van der Waals surface area contributed by atoms with E-state index in [0.29, 0.717) is 13.1 Å². The van der Waals surface area contributed by atoms with Crippen LogP contribution in [0.1, 0.15) is 27.7 Å². The molecule has 0 spiro atoms. The molecule has 0 aromatic rings. The molecule has 0 amide bonds. The fourth-order valence-electron chi connectivity index (χ4n) is 3.16. The zero-order valence-electron chi connectivity index (χ0n) is 17.3. The standard InChI is InChI=1S/C18H27Cl2NO9/c1-10(22)26-9-14-16(27-11(2)23)17(28-12(3)24)15(18(30-14)29-13(4)25)21(7-5-19)8-6-20/h14-18H,5-9H2,1-4H3/t14?,15-,16-,17?,18?/m1/s1. The molecular weight excluding hydrogens is 445 g/mol. The number of nitrogens with zero attached hydrogens (tertiary/aromatic N) is 1. The van der Waals surface area contributed by atoms with E-state index in [1.807, 2.05) is 0 Å². The molecule has 172 valence electrons. The van der Waals surface area contributed by atoms with Crippen LogP contribution >= 0.6 is 23.2 Å². The van der Waals surface area contributed by atoms with E-state index < -0.39 is 54.5 Å². The van der Waals surface area contributed by atoms with Gasteiger partial charge in [-0.15, -0.1) is 23.2 Å². The Balaban J connectivity index is 3.43. The van der Waals surface area contributed by atoms with E-state index in [1.54, 1.807) is 4.90 Å². The van der Waals surface area contributed by atoms with Crippen molar-refractivity contribution in [3.63, 3.8) is 0 Å². The quantitative estimate of drug-likeness (QED) is 0.257. The van der Waals surface area contributed by atoms with E-state index >= 15 is 0 Å². The van der Waals surface area contributed by atoms with Crippen molar-refractivity contribution in [2.45, 2.75) is 58.3 Å². The fraction of sp³-hybridized carbons (Fsp3) is 0.778. The van der Waals surface area contributed by atoms with Crippen LogP contribution in [0.5, 0.6) is 0 Å². The van der Waals surface area contributed by atoms with Gasteiger partial charge in [0.15, 0.2) is 12.2 Å². The molecule has 10 nitrogen and oxygen atoms in total. The van der Waals surface area contributed by atoms with Crippen molar-refractivity contribution in [1.82, 2.24) is 4.90 Å². The molecule has 12 heteroatoms. The van der Waals surface area contributed by atoms with Gasteiger partial charge in [0.25, 0.3) is 0 Å². The third-order valence-electron chi connectivity index (χ3n) is 4.12. The number of carbonyl (C=O) groups is 4. The SMILES string of the molecule is CC(=O)OCC1OC(OC(C)=O)[C@H](N(CCCl)CCCl)C(OC(C)=O)[C@@H]1OC(C)=O. The first kappa shape index (κ1) is 26.4. The second-order valence-corrected chi connectivity index (χ2v) is 7.26. The lowest BCUT2D eigenvalue weighted by Gasteiger charge is -2.48. The molecule has 30 heavy (non-hydrogen) atoms. The average molecular weight is 472 g/mol. The van der Waals surface area contributed by atoms with Crippen molar-refractivity contribution in [1.29, 1.82) is 0 Å². The summed E-state index contributed by atoms with van der Waals surface area (Å²) < 4.78 is 27.0. The predicted molar refractivity (Wildman–Crippen MR) is 105 cm³/mol. The monoisotopic (exact) mass is 471 g/mol. The highest BCUT2D eigenvalue weighted by Gasteiger charge is 2.53. The summed E-state index contributed by atoms with van der Waals surface area (Å²) in [5.74, 6) is -2.18. The van der Waals surface area contributed by atoms with Crippen molar-refractivity contribution < 1.29 is 42.9 Å². The van der Waals surface area contributed by atoms with Crippen LogP contribution in [0, 0.1) is 0 Å².